The molecule has 0 saturated heterocycles. The lowest BCUT2D eigenvalue weighted by atomic mass is 10.0. The highest BCUT2D eigenvalue weighted by Gasteiger charge is 2.23. The van der Waals surface area contributed by atoms with Gasteiger partial charge in [0.15, 0.2) is 0 Å². The summed E-state index contributed by atoms with van der Waals surface area (Å²) in [5.41, 5.74) is 5.70. The van der Waals surface area contributed by atoms with Gasteiger partial charge >= 0.3 is 0 Å². The van der Waals surface area contributed by atoms with Gasteiger partial charge in [-0.3, -0.25) is 4.79 Å². The zero-order chi connectivity index (χ0) is 17.6. The van der Waals surface area contributed by atoms with Crippen molar-refractivity contribution in [2.45, 2.75) is 32.5 Å². The van der Waals surface area contributed by atoms with Gasteiger partial charge in [-0.25, -0.2) is 0 Å². The van der Waals surface area contributed by atoms with Crippen LogP contribution in [0.2, 0.25) is 0 Å². The largest absolute Gasteiger partial charge is 0.386 e. The Balaban J connectivity index is 1.78. The number of aromatic amines is 1. The molecule has 0 amide bonds. The number of likely N-dealkylation sites (N-methyl/N-ethyl adjacent to an activating group) is 1. The van der Waals surface area contributed by atoms with E-state index in [4.69, 9.17) is 0 Å². The van der Waals surface area contributed by atoms with Gasteiger partial charge in [0, 0.05) is 48.4 Å². The number of fused-ring (bicyclic) bond motifs is 3. The molecule has 5 heteroatoms. The minimum atomic E-state index is -0.655. The van der Waals surface area contributed by atoms with Gasteiger partial charge in [0.25, 0.3) is 0 Å². The molecule has 0 aliphatic carbocycles. The first-order valence-electron chi connectivity index (χ1n) is 8.69. The lowest BCUT2D eigenvalue weighted by Gasteiger charge is -2.25. The molecule has 3 heterocycles. The van der Waals surface area contributed by atoms with E-state index in [2.05, 4.69) is 46.6 Å². The van der Waals surface area contributed by atoms with Gasteiger partial charge in [-0.1, -0.05) is 11.6 Å². The van der Waals surface area contributed by atoms with Crippen molar-refractivity contribution in [3.05, 3.63) is 69.3 Å². The minimum Gasteiger partial charge on any atom is -0.386 e. The van der Waals surface area contributed by atoms with Gasteiger partial charge in [-0.15, -0.1) is 0 Å². The number of H-pyrrole nitrogens is 1. The van der Waals surface area contributed by atoms with Crippen LogP contribution in [0.3, 0.4) is 0 Å². The van der Waals surface area contributed by atoms with E-state index in [9.17, 15) is 9.90 Å². The first kappa shape index (κ1) is 16.1. The molecule has 0 radical (unpaired) electrons. The van der Waals surface area contributed by atoms with Crippen LogP contribution in [-0.2, 0) is 19.5 Å². The Morgan fingerprint density at radius 3 is 2.88 bits per heavy atom. The van der Waals surface area contributed by atoms with Crippen molar-refractivity contribution in [2.24, 2.45) is 0 Å². The molecule has 1 unspecified atom stereocenters. The summed E-state index contributed by atoms with van der Waals surface area (Å²) in [6.07, 6.45) is 1.93. The second-order valence-corrected chi connectivity index (χ2v) is 7.05. The highest BCUT2D eigenvalue weighted by atomic mass is 16.3. The van der Waals surface area contributed by atoms with Crippen molar-refractivity contribution in [1.29, 1.82) is 0 Å². The quantitative estimate of drug-likeness (QED) is 0.771. The van der Waals surface area contributed by atoms with Crippen LogP contribution in [-0.4, -0.2) is 33.1 Å². The maximum Gasteiger partial charge on any atom is 0.247 e. The number of aliphatic hydroxyl groups is 1. The number of rotatable bonds is 3. The molecule has 3 aromatic rings. The summed E-state index contributed by atoms with van der Waals surface area (Å²) in [6, 6.07) is 9.68. The molecule has 130 valence electrons. The Kier molecular flexibility index (Phi) is 3.98. The molecule has 2 aromatic heterocycles. The smallest absolute Gasteiger partial charge is 0.247 e. The van der Waals surface area contributed by atoms with E-state index in [-0.39, 0.29) is 5.56 Å². The molecule has 2 N–H and O–H groups in total. The SMILES string of the molecule is Cc1ccc2c(c1)c1c(n2CC(O)c2ccc(=O)[nH]c2)CCN(C)C1. The normalized spacial score (nSPS) is 16.1. The number of hydrogen-bond donors (Lipinski definition) is 2. The van der Waals surface area contributed by atoms with Gasteiger partial charge in [0.05, 0.1) is 12.6 Å². The average Bonchev–Trinajstić information content (AvgIpc) is 2.88. The summed E-state index contributed by atoms with van der Waals surface area (Å²) in [5.74, 6) is 0. The highest BCUT2D eigenvalue weighted by molar-refractivity contribution is 5.86. The van der Waals surface area contributed by atoms with E-state index in [1.807, 2.05) is 0 Å². The molecule has 5 nitrogen and oxygen atoms in total. The predicted octanol–water partition coefficient (Wildman–Crippen LogP) is 2.36. The molecular weight excluding hydrogens is 314 g/mol. The van der Waals surface area contributed by atoms with Gasteiger partial charge in [0.2, 0.25) is 5.56 Å². The Hall–Kier alpha value is -2.37. The molecule has 0 bridgehead atoms. The molecule has 0 fully saturated rings. The van der Waals surface area contributed by atoms with E-state index in [1.54, 1.807) is 12.3 Å². The van der Waals surface area contributed by atoms with Gasteiger partial charge in [-0.05, 0) is 43.3 Å². The average molecular weight is 337 g/mol. The minimum absolute atomic E-state index is 0.154. The number of pyridine rings is 1. The standard InChI is InChI=1S/C20H23N3O2/c1-13-3-5-17-15(9-13)16-11-22(2)8-7-18(16)23(17)12-19(24)14-4-6-20(25)21-10-14/h3-6,9-10,19,24H,7-8,11-12H2,1-2H3,(H,21,25). The second-order valence-electron chi connectivity index (χ2n) is 7.05. The van der Waals surface area contributed by atoms with Crippen molar-refractivity contribution in [3.63, 3.8) is 0 Å². The Morgan fingerprint density at radius 2 is 2.12 bits per heavy atom. The second kappa shape index (κ2) is 6.17. The van der Waals surface area contributed by atoms with Gasteiger partial charge in [0.1, 0.15) is 0 Å². The van der Waals surface area contributed by atoms with Crippen LogP contribution in [0.1, 0.15) is 28.5 Å². The zero-order valence-corrected chi connectivity index (χ0v) is 14.6. The lowest BCUT2D eigenvalue weighted by Crippen LogP contribution is -2.27. The van der Waals surface area contributed by atoms with E-state index in [0.29, 0.717) is 6.54 Å². The number of hydrogen-bond acceptors (Lipinski definition) is 3. The summed E-state index contributed by atoms with van der Waals surface area (Å²) < 4.78 is 2.26. The summed E-state index contributed by atoms with van der Waals surface area (Å²) in [4.78, 5) is 16.2. The molecule has 25 heavy (non-hydrogen) atoms. The summed E-state index contributed by atoms with van der Waals surface area (Å²) in [6.45, 7) is 4.57. The summed E-state index contributed by atoms with van der Waals surface area (Å²) in [5, 5.41) is 12.0. The molecule has 1 aliphatic heterocycles. The fourth-order valence-corrected chi connectivity index (χ4v) is 3.82. The molecule has 1 aliphatic rings. The third kappa shape index (κ3) is 2.90. The summed E-state index contributed by atoms with van der Waals surface area (Å²) in [7, 11) is 2.15. The van der Waals surface area contributed by atoms with Crippen LogP contribution < -0.4 is 5.56 Å². The molecule has 1 aromatic carbocycles. The number of aliphatic hydroxyl groups excluding tert-OH is 1. The third-order valence-electron chi connectivity index (χ3n) is 5.15. The van der Waals surface area contributed by atoms with Crippen molar-refractivity contribution in [2.75, 3.05) is 13.6 Å². The van der Waals surface area contributed by atoms with Crippen molar-refractivity contribution < 1.29 is 5.11 Å². The number of nitrogens with one attached hydrogen (secondary N) is 1. The van der Waals surface area contributed by atoms with Crippen LogP contribution in [0, 0.1) is 6.92 Å². The van der Waals surface area contributed by atoms with Crippen LogP contribution in [0.5, 0.6) is 0 Å². The van der Waals surface area contributed by atoms with Crippen molar-refractivity contribution in [1.82, 2.24) is 14.5 Å². The van der Waals surface area contributed by atoms with Gasteiger partial charge < -0.3 is 19.6 Å². The first-order valence-corrected chi connectivity index (χ1v) is 8.69. The van der Waals surface area contributed by atoms with Crippen LogP contribution in [0.25, 0.3) is 10.9 Å². The van der Waals surface area contributed by atoms with E-state index < -0.39 is 6.10 Å². The molecular formula is C20H23N3O2. The fraction of sp³-hybridized carbons (Fsp3) is 0.350. The lowest BCUT2D eigenvalue weighted by molar-refractivity contribution is 0.155. The maximum absolute atomic E-state index is 11.2. The Morgan fingerprint density at radius 1 is 1.28 bits per heavy atom. The van der Waals surface area contributed by atoms with E-state index in [1.165, 1.54) is 33.8 Å². The Labute approximate surface area is 146 Å². The van der Waals surface area contributed by atoms with Gasteiger partial charge in [-0.2, -0.15) is 0 Å². The zero-order valence-electron chi connectivity index (χ0n) is 14.6. The van der Waals surface area contributed by atoms with Crippen LogP contribution in [0.4, 0.5) is 0 Å². The molecule has 0 saturated carbocycles. The van der Waals surface area contributed by atoms with Crippen LogP contribution >= 0.6 is 0 Å². The predicted molar refractivity (Wildman–Crippen MR) is 98.7 cm³/mol. The third-order valence-corrected chi connectivity index (χ3v) is 5.15. The Bertz CT molecular complexity index is 966. The molecule has 0 spiro atoms. The van der Waals surface area contributed by atoms with E-state index in [0.717, 1.165) is 25.1 Å². The topological polar surface area (TPSA) is 61.3 Å². The first-order chi connectivity index (χ1) is 12.0. The number of nitrogens with zero attached hydrogens (tertiary/aromatic N) is 2. The molecule has 1 atom stereocenters. The number of benzene rings is 1. The summed E-state index contributed by atoms with van der Waals surface area (Å²) >= 11 is 0. The fourth-order valence-electron chi connectivity index (χ4n) is 3.82. The van der Waals surface area contributed by atoms with Crippen LogP contribution in [0.15, 0.2) is 41.3 Å². The molecule has 4 rings (SSSR count). The monoisotopic (exact) mass is 337 g/mol. The maximum atomic E-state index is 11.2. The number of aryl methyl sites for hydroxylation is 1. The van der Waals surface area contributed by atoms with E-state index >= 15 is 0 Å². The highest BCUT2D eigenvalue weighted by Crippen LogP contribution is 2.32. The van der Waals surface area contributed by atoms with Crippen molar-refractivity contribution in [3.8, 4) is 0 Å². The van der Waals surface area contributed by atoms with Crippen molar-refractivity contribution >= 4 is 10.9 Å². The number of aromatic nitrogens is 2.